The Bertz CT molecular complexity index is 492. The lowest BCUT2D eigenvalue weighted by atomic mass is 9.81. The average Bonchev–Trinajstić information content (AvgIpc) is 2.45. The number of hydrogen-bond acceptors (Lipinski definition) is 1. The predicted octanol–water partition coefficient (Wildman–Crippen LogP) is 4.27. The Balaban J connectivity index is 2.14. The van der Waals surface area contributed by atoms with Gasteiger partial charge in [-0.15, -0.1) is 11.6 Å². The van der Waals surface area contributed by atoms with Crippen LogP contribution in [0.2, 0.25) is 0 Å². The number of carbonyl (C=O) groups is 1. The molecule has 1 aliphatic rings. The minimum Gasteiger partial charge on any atom is -0.352 e. The first-order chi connectivity index (χ1) is 9.93. The SMILES string of the molecule is CC(C)(C)C(CCCl)NC(=O)C1CCCc2ccccc21. The topological polar surface area (TPSA) is 29.1 Å². The van der Waals surface area contributed by atoms with Gasteiger partial charge in [-0.3, -0.25) is 4.79 Å². The molecule has 2 rings (SSSR count). The lowest BCUT2D eigenvalue weighted by molar-refractivity contribution is -0.124. The Morgan fingerprint density at radius 2 is 2.10 bits per heavy atom. The number of alkyl halides is 1. The molecule has 1 aromatic carbocycles. The van der Waals surface area contributed by atoms with Crippen molar-refractivity contribution in [1.82, 2.24) is 5.32 Å². The summed E-state index contributed by atoms with van der Waals surface area (Å²) in [5, 5.41) is 3.25. The maximum absolute atomic E-state index is 12.7. The van der Waals surface area contributed by atoms with Crippen LogP contribution in [0.4, 0.5) is 0 Å². The maximum atomic E-state index is 12.7. The molecule has 0 saturated carbocycles. The van der Waals surface area contributed by atoms with Crippen LogP contribution in [-0.4, -0.2) is 17.8 Å². The Morgan fingerprint density at radius 1 is 1.38 bits per heavy atom. The van der Waals surface area contributed by atoms with Crippen LogP contribution in [0.15, 0.2) is 24.3 Å². The van der Waals surface area contributed by atoms with Gasteiger partial charge in [-0.05, 0) is 42.2 Å². The first kappa shape index (κ1) is 16.4. The average molecular weight is 308 g/mol. The van der Waals surface area contributed by atoms with E-state index >= 15 is 0 Å². The first-order valence-electron chi connectivity index (χ1n) is 7.87. The summed E-state index contributed by atoms with van der Waals surface area (Å²) >= 11 is 5.90. The Labute approximate surface area is 133 Å². The molecule has 0 heterocycles. The fraction of sp³-hybridized carbons (Fsp3) is 0.611. The van der Waals surface area contributed by atoms with E-state index in [1.54, 1.807) is 0 Å². The van der Waals surface area contributed by atoms with Gasteiger partial charge in [-0.1, -0.05) is 45.0 Å². The molecule has 2 unspecified atom stereocenters. The monoisotopic (exact) mass is 307 g/mol. The van der Waals surface area contributed by atoms with Gasteiger partial charge in [0.05, 0.1) is 5.92 Å². The third-order valence-electron chi connectivity index (χ3n) is 4.45. The highest BCUT2D eigenvalue weighted by molar-refractivity contribution is 6.17. The lowest BCUT2D eigenvalue weighted by Gasteiger charge is -2.33. The lowest BCUT2D eigenvalue weighted by Crippen LogP contribution is -2.46. The zero-order valence-corrected chi connectivity index (χ0v) is 14.0. The van der Waals surface area contributed by atoms with Crippen LogP contribution in [0.1, 0.15) is 57.1 Å². The number of rotatable bonds is 4. The van der Waals surface area contributed by atoms with E-state index in [0.29, 0.717) is 5.88 Å². The third kappa shape index (κ3) is 4.00. The van der Waals surface area contributed by atoms with Crippen molar-refractivity contribution < 1.29 is 4.79 Å². The van der Waals surface area contributed by atoms with Crippen molar-refractivity contribution in [3.05, 3.63) is 35.4 Å². The van der Waals surface area contributed by atoms with E-state index in [1.807, 2.05) is 6.07 Å². The van der Waals surface area contributed by atoms with Crippen LogP contribution < -0.4 is 5.32 Å². The quantitative estimate of drug-likeness (QED) is 0.827. The predicted molar refractivity (Wildman–Crippen MR) is 88.8 cm³/mol. The number of halogens is 1. The number of amides is 1. The molecule has 1 amide bonds. The van der Waals surface area contributed by atoms with Gasteiger partial charge >= 0.3 is 0 Å². The molecule has 0 fully saturated rings. The highest BCUT2D eigenvalue weighted by Crippen LogP contribution is 2.32. The molecule has 3 heteroatoms. The molecule has 0 radical (unpaired) electrons. The number of benzene rings is 1. The molecule has 21 heavy (non-hydrogen) atoms. The summed E-state index contributed by atoms with van der Waals surface area (Å²) in [6, 6.07) is 8.47. The molecule has 0 aromatic heterocycles. The van der Waals surface area contributed by atoms with Crippen LogP contribution in [0, 0.1) is 5.41 Å². The molecule has 2 atom stereocenters. The fourth-order valence-electron chi connectivity index (χ4n) is 3.13. The zero-order chi connectivity index (χ0) is 15.5. The number of carbonyl (C=O) groups excluding carboxylic acids is 1. The number of hydrogen-bond donors (Lipinski definition) is 1. The van der Waals surface area contributed by atoms with E-state index in [1.165, 1.54) is 11.1 Å². The van der Waals surface area contributed by atoms with Crippen molar-refractivity contribution in [2.45, 2.75) is 58.4 Å². The minimum absolute atomic E-state index is 0.00451. The Kier molecular flexibility index (Phi) is 5.32. The van der Waals surface area contributed by atoms with Crippen LogP contribution >= 0.6 is 11.6 Å². The summed E-state index contributed by atoms with van der Waals surface area (Å²) in [4.78, 5) is 12.7. The van der Waals surface area contributed by atoms with Gasteiger partial charge in [0.15, 0.2) is 0 Å². The van der Waals surface area contributed by atoms with Gasteiger partial charge < -0.3 is 5.32 Å². The van der Waals surface area contributed by atoms with Gasteiger partial charge in [0.25, 0.3) is 0 Å². The summed E-state index contributed by atoms with van der Waals surface area (Å²) in [6.07, 6.45) is 3.93. The van der Waals surface area contributed by atoms with Crippen LogP contribution in [0.5, 0.6) is 0 Å². The normalized spacial score (nSPS) is 19.7. The second-order valence-corrected chi connectivity index (χ2v) is 7.43. The van der Waals surface area contributed by atoms with Crippen LogP contribution in [-0.2, 0) is 11.2 Å². The Hall–Kier alpha value is -1.02. The van der Waals surface area contributed by atoms with Gasteiger partial charge in [0.2, 0.25) is 5.91 Å². The summed E-state index contributed by atoms with van der Waals surface area (Å²) in [6.45, 7) is 6.46. The largest absolute Gasteiger partial charge is 0.352 e. The standard InChI is InChI=1S/C18H26ClNO/c1-18(2,3)16(11-12-19)20-17(21)15-10-6-8-13-7-4-5-9-14(13)15/h4-5,7,9,15-16H,6,8,10-12H2,1-3H3,(H,20,21). The van der Waals surface area contributed by atoms with Gasteiger partial charge in [0.1, 0.15) is 0 Å². The van der Waals surface area contributed by atoms with Gasteiger partial charge in [-0.25, -0.2) is 0 Å². The highest BCUT2D eigenvalue weighted by Gasteiger charge is 2.31. The van der Waals surface area contributed by atoms with E-state index in [-0.39, 0.29) is 23.3 Å². The molecular weight excluding hydrogens is 282 g/mol. The molecule has 0 saturated heterocycles. The number of fused-ring (bicyclic) bond motifs is 1. The molecule has 0 bridgehead atoms. The van der Waals surface area contributed by atoms with Crippen LogP contribution in [0.25, 0.3) is 0 Å². The number of aryl methyl sites for hydroxylation is 1. The first-order valence-corrected chi connectivity index (χ1v) is 8.41. The molecule has 0 aliphatic heterocycles. The van der Waals surface area contributed by atoms with Crippen molar-refractivity contribution in [2.75, 3.05) is 5.88 Å². The molecular formula is C18H26ClNO. The number of nitrogens with one attached hydrogen (secondary N) is 1. The van der Waals surface area contributed by atoms with Crippen molar-refractivity contribution in [3.8, 4) is 0 Å². The maximum Gasteiger partial charge on any atom is 0.227 e. The molecule has 1 aromatic rings. The molecule has 1 N–H and O–H groups in total. The summed E-state index contributed by atoms with van der Waals surface area (Å²) in [5.41, 5.74) is 2.56. The summed E-state index contributed by atoms with van der Waals surface area (Å²) in [7, 11) is 0. The van der Waals surface area contributed by atoms with Crippen molar-refractivity contribution in [3.63, 3.8) is 0 Å². The smallest absolute Gasteiger partial charge is 0.227 e. The molecule has 116 valence electrons. The third-order valence-corrected chi connectivity index (χ3v) is 4.66. The van der Waals surface area contributed by atoms with Crippen LogP contribution in [0.3, 0.4) is 0 Å². The van der Waals surface area contributed by atoms with Crippen molar-refractivity contribution in [1.29, 1.82) is 0 Å². The van der Waals surface area contributed by atoms with E-state index < -0.39 is 0 Å². The van der Waals surface area contributed by atoms with Gasteiger partial charge in [0, 0.05) is 11.9 Å². The van der Waals surface area contributed by atoms with E-state index in [4.69, 9.17) is 11.6 Å². The molecule has 0 spiro atoms. The van der Waals surface area contributed by atoms with Crippen molar-refractivity contribution >= 4 is 17.5 Å². The van der Waals surface area contributed by atoms with Gasteiger partial charge in [-0.2, -0.15) is 0 Å². The van der Waals surface area contributed by atoms with E-state index in [2.05, 4.69) is 44.3 Å². The summed E-state index contributed by atoms with van der Waals surface area (Å²) in [5.74, 6) is 0.728. The highest BCUT2D eigenvalue weighted by atomic mass is 35.5. The Morgan fingerprint density at radius 3 is 2.76 bits per heavy atom. The van der Waals surface area contributed by atoms with Crippen molar-refractivity contribution in [2.24, 2.45) is 5.41 Å². The zero-order valence-electron chi connectivity index (χ0n) is 13.3. The second kappa shape index (κ2) is 6.83. The van der Waals surface area contributed by atoms with E-state index in [0.717, 1.165) is 25.7 Å². The molecule has 1 aliphatic carbocycles. The second-order valence-electron chi connectivity index (χ2n) is 7.05. The van der Waals surface area contributed by atoms with E-state index in [9.17, 15) is 4.79 Å². The fourth-order valence-corrected chi connectivity index (χ4v) is 3.35. The minimum atomic E-state index is -0.00451. The summed E-state index contributed by atoms with van der Waals surface area (Å²) < 4.78 is 0. The molecule has 2 nitrogen and oxygen atoms in total.